The van der Waals surface area contributed by atoms with Gasteiger partial charge in [0.15, 0.2) is 0 Å². The first-order valence-corrected chi connectivity index (χ1v) is 5.72. The van der Waals surface area contributed by atoms with E-state index in [0.29, 0.717) is 18.0 Å². The van der Waals surface area contributed by atoms with Crippen LogP contribution in [0, 0.1) is 0 Å². The lowest BCUT2D eigenvalue weighted by molar-refractivity contribution is 0.312. The van der Waals surface area contributed by atoms with Crippen LogP contribution < -0.4 is 10.5 Å². The Morgan fingerprint density at radius 2 is 1.94 bits per heavy atom. The smallest absolute Gasteiger partial charge is 0.145 e. The van der Waals surface area contributed by atoms with E-state index in [4.69, 9.17) is 10.5 Å². The van der Waals surface area contributed by atoms with Crippen molar-refractivity contribution in [3.63, 3.8) is 0 Å². The lowest BCUT2D eigenvalue weighted by atomic mass is 10.1. The Morgan fingerprint density at radius 3 is 2.71 bits per heavy atom. The standard InChI is InChI=1S/C14H16N2O/c15-13-11-16-9-8-14(13)17-10-4-7-12-5-2-1-3-6-12/h1-3,5-6,8-9,11H,4,7,10,15H2. The molecule has 1 aromatic carbocycles. The van der Waals surface area contributed by atoms with E-state index in [1.165, 1.54) is 5.56 Å². The molecule has 0 saturated carbocycles. The van der Waals surface area contributed by atoms with E-state index in [1.54, 1.807) is 18.5 Å². The maximum atomic E-state index is 5.73. The molecule has 0 spiro atoms. The fourth-order valence-electron chi connectivity index (χ4n) is 1.63. The van der Waals surface area contributed by atoms with Gasteiger partial charge in [0, 0.05) is 12.3 Å². The van der Waals surface area contributed by atoms with Crippen molar-refractivity contribution in [1.82, 2.24) is 4.98 Å². The quantitative estimate of drug-likeness (QED) is 0.800. The number of pyridine rings is 1. The minimum atomic E-state index is 0.590. The molecular formula is C14H16N2O. The number of benzene rings is 1. The molecule has 1 aromatic heterocycles. The van der Waals surface area contributed by atoms with Crippen molar-refractivity contribution in [1.29, 1.82) is 0 Å². The summed E-state index contributed by atoms with van der Waals surface area (Å²) in [7, 11) is 0. The van der Waals surface area contributed by atoms with E-state index >= 15 is 0 Å². The number of hydrogen-bond acceptors (Lipinski definition) is 3. The third kappa shape index (κ3) is 3.48. The van der Waals surface area contributed by atoms with Crippen LogP contribution in [0.1, 0.15) is 12.0 Å². The van der Waals surface area contributed by atoms with Gasteiger partial charge in [-0.15, -0.1) is 0 Å². The molecule has 88 valence electrons. The number of nitrogen functional groups attached to an aromatic ring is 1. The molecule has 0 unspecified atom stereocenters. The van der Waals surface area contributed by atoms with Crippen LogP contribution in [0.2, 0.25) is 0 Å². The summed E-state index contributed by atoms with van der Waals surface area (Å²) in [5.74, 6) is 0.716. The Bertz CT molecular complexity index is 457. The van der Waals surface area contributed by atoms with Crippen molar-refractivity contribution in [2.45, 2.75) is 12.8 Å². The highest BCUT2D eigenvalue weighted by Gasteiger charge is 1.98. The Kier molecular flexibility index (Phi) is 3.97. The molecule has 0 aliphatic heterocycles. The molecule has 1 heterocycles. The molecule has 0 amide bonds. The number of aromatic nitrogens is 1. The maximum absolute atomic E-state index is 5.73. The highest BCUT2D eigenvalue weighted by Crippen LogP contribution is 2.18. The highest BCUT2D eigenvalue weighted by atomic mass is 16.5. The topological polar surface area (TPSA) is 48.1 Å². The Balaban J connectivity index is 1.76. The fourth-order valence-corrected chi connectivity index (χ4v) is 1.63. The predicted octanol–water partition coefficient (Wildman–Crippen LogP) is 2.68. The first-order chi connectivity index (χ1) is 8.36. The van der Waals surface area contributed by atoms with E-state index < -0.39 is 0 Å². The molecule has 2 rings (SSSR count). The average Bonchev–Trinajstić information content (AvgIpc) is 2.38. The number of aryl methyl sites for hydroxylation is 1. The lowest BCUT2D eigenvalue weighted by Crippen LogP contribution is -2.02. The summed E-state index contributed by atoms with van der Waals surface area (Å²) in [6.07, 6.45) is 5.28. The van der Waals surface area contributed by atoms with Gasteiger partial charge in [-0.05, 0) is 18.4 Å². The highest BCUT2D eigenvalue weighted by molar-refractivity contribution is 5.49. The van der Waals surface area contributed by atoms with Crippen LogP contribution >= 0.6 is 0 Å². The minimum absolute atomic E-state index is 0.590. The minimum Gasteiger partial charge on any atom is -0.491 e. The third-order valence-electron chi connectivity index (χ3n) is 2.52. The molecule has 0 bridgehead atoms. The zero-order chi connectivity index (χ0) is 11.9. The Morgan fingerprint density at radius 1 is 1.12 bits per heavy atom. The average molecular weight is 228 g/mol. The molecule has 0 fully saturated rings. The van der Waals surface area contributed by atoms with E-state index in [0.717, 1.165) is 12.8 Å². The second-order valence-corrected chi connectivity index (χ2v) is 3.85. The molecule has 0 saturated heterocycles. The van der Waals surface area contributed by atoms with Crippen LogP contribution in [-0.4, -0.2) is 11.6 Å². The number of hydrogen-bond donors (Lipinski definition) is 1. The van der Waals surface area contributed by atoms with E-state index in [1.807, 2.05) is 6.07 Å². The van der Waals surface area contributed by atoms with Gasteiger partial charge in [-0.25, -0.2) is 0 Å². The summed E-state index contributed by atoms with van der Waals surface area (Å²) >= 11 is 0. The van der Waals surface area contributed by atoms with E-state index in [9.17, 15) is 0 Å². The van der Waals surface area contributed by atoms with Crippen LogP contribution in [0.25, 0.3) is 0 Å². The van der Waals surface area contributed by atoms with Crippen molar-refractivity contribution in [3.05, 3.63) is 54.4 Å². The van der Waals surface area contributed by atoms with Crippen LogP contribution in [0.15, 0.2) is 48.8 Å². The van der Waals surface area contributed by atoms with Gasteiger partial charge >= 0.3 is 0 Å². The number of anilines is 1. The molecule has 0 radical (unpaired) electrons. The van der Waals surface area contributed by atoms with Gasteiger partial charge < -0.3 is 10.5 Å². The van der Waals surface area contributed by atoms with Gasteiger partial charge in [0.25, 0.3) is 0 Å². The molecule has 0 aliphatic rings. The van der Waals surface area contributed by atoms with E-state index in [2.05, 4.69) is 29.2 Å². The Labute approximate surface area is 101 Å². The van der Waals surface area contributed by atoms with Crippen molar-refractivity contribution in [3.8, 4) is 5.75 Å². The monoisotopic (exact) mass is 228 g/mol. The molecule has 2 aromatic rings. The first kappa shape index (κ1) is 11.5. The fraction of sp³-hybridized carbons (Fsp3) is 0.214. The van der Waals surface area contributed by atoms with Gasteiger partial charge in [-0.1, -0.05) is 30.3 Å². The molecule has 0 aliphatic carbocycles. The molecular weight excluding hydrogens is 212 g/mol. The second-order valence-electron chi connectivity index (χ2n) is 3.85. The summed E-state index contributed by atoms with van der Waals surface area (Å²) in [5, 5.41) is 0. The van der Waals surface area contributed by atoms with Crippen molar-refractivity contribution in [2.24, 2.45) is 0 Å². The van der Waals surface area contributed by atoms with Crippen molar-refractivity contribution < 1.29 is 4.74 Å². The number of nitrogens with zero attached hydrogens (tertiary/aromatic N) is 1. The lowest BCUT2D eigenvalue weighted by Gasteiger charge is -2.07. The van der Waals surface area contributed by atoms with Gasteiger partial charge in [-0.2, -0.15) is 0 Å². The van der Waals surface area contributed by atoms with Crippen molar-refractivity contribution >= 4 is 5.69 Å². The zero-order valence-corrected chi connectivity index (χ0v) is 9.67. The largest absolute Gasteiger partial charge is 0.491 e. The Hall–Kier alpha value is -2.03. The molecule has 17 heavy (non-hydrogen) atoms. The van der Waals surface area contributed by atoms with Crippen LogP contribution in [-0.2, 0) is 6.42 Å². The number of ether oxygens (including phenoxy) is 1. The van der Waals surface area contributed by atoms with E-state index in [-0.39, 0.29) is 0 Å². The van der Waals surface area contributed by atoms with Gasteiger partial charge in [0.2, 0.25) is 0 Å². The van der Waals surface area contributed by atoms with Crippen LogP contribution in [0.5, 0.6) is 5.75 Å². The summed E-state index contributed by atoms with van der Waals surface area (Å²) in [6.45, 7) is 0.670. The molecule has 3 heteroatoms. The maximum Gasteiger partial charge on any atom is 0.145 e. The van der Waals surface area contributed by atoms with Gasteiger partial charge in [0.1, 0.15) is 5.75 Å². The van der Waals surface area contributed by atoms with Crippen LogP contribution in [0.3, 0.4) is 0 Å². The summed E-state index contributed by atoms with van der Waals surface area (Å²) in [4.78, 5) is 3.92. The number of nitrogens with two attached hydrogens (primary N) is 1. The predicted molar refractivity (Wildman–Crippen MR) is 68.9 cm³/mol. The summed E-state index contributed by atoms with van der Waals surface area (Å²) in [5.41, 5.74) is 7.65. The second kappa shape index (κ2) is 5.89. The summed E-state index contributed by atoms with van der Waals surface area (Å²) in [6, 6.07) is 12.2. The molecule has 0 atom stereocenters. The molecule has 2 N–H and O–H groups in total. The first-order valence-electron chi connectivity index (χ1n) is 5.72. The number of rotatable bonds is 5. The van der Waals surface area contributed by atoms with Crippen molar-refractivity contribution in [2.75, 3.05) is 12.3 Å². The third-order valence-corrected chi connectivity index (χ3v) is 2.52. The normalized spacial score (nSPS) is 10.1. The van der Waals surface area contributed by atoms with Gasteiger partial charge in [-0.3, -0.25) is 4.98 Å². The summed E-state index contributed by atoms with van der Waals surface area (Å²) < 4.78 is 5.59. The van der Waals surface area contributed by atoms with Crippen LogP contribution in [0.4, 0.5) is 5.69 Å². The SMILES string of the molecule is Nc1cnccc1OCCCc1ccccc1. The zero-order valence-electron chi connectivity index (χ0n) is 9.67. The van der Waals surface area contributed by atoms with Gasteiger partial charge in [0.05, 0.1) is 18.5 Å². The molecule has 3 nitrogen and oxygen atoms in total.